The number of anilines is 1. The number of hydrogen-bond donors (Lipinski definition) is 1. The van der Waals surface area contributed by atoms with Crippen LogP contribution in [-0.4, -0.2) is 28.8 Å². The molecule has 0 saturated carbocycles. The summed E-state index contributed by atoms with van der Waals surface area (Å²) in [5, 5.41) is 9.93. The van der Waals surface area contributed by atoms with E-state index in [1.54, 1.807) is 23.1 Å². The Bertz CT molecular complexity index is 974. The predicted molar refractivity (Wildman–Crippen MR) is 104 cm³/mol. The van der Waals surface area contributed by atoms with E-state index in [2.05, 4.69) is 10.4 Å². The number of carbonyl (C=O) groups is 2. The van der Waals surface area contributed by atoms with Crippen molar-refractivity contribution in [3.63, 3.8) is 0 Å². The highest BCUT2D eigenvalue weighted by Crippen LogP contribution is 2.33. The molecule has 0 unspecified atom stereocenters. The number of thiophene rings is 2. The first-order valence-corrected chi connectivity index (χ1v) is 9.71. The molecule has 26 heavy (non-hydrogen) atoms. The van der Waals surface area contributed by atoms with E-state index in [0.717, 1.165) is 16.0 Å². The molecule has 0 aliphatic heterocycles. The van der Waals surface area contributed by atoms with Crippen LogP contribution in [0.25, 0.3) is 0 Å². The second-order valence-corrected chi connectivity index (χ2v) is 8.18. The Hall–Kier alpha value is -2.16. The summed E-state index contributed by atoms with van der Waals surface area (Å²) < 4.78 is 6.53. The SMILES string of the molecule is COC(=O)c1c(NC(=O)c2cc(Cn3cc(Cl)cn3)cs2)sc(C)c1C. The minimum Gasteiger partial charge on any atom is -0.465 e. The Morgan fingerprint density at radius 3 is 2.81 bits per heavy atom. The van der Waals surface area contributed by atoms with Crippen LogP contribution >= 0.6 is 34.3 Å². The van der Waals surface area contributed by atoms with Gasteiger partial charge in [-0.25, -0.2) is 4.79 Å². The van der Waals surface area contributed by atoms with Gasteiger partial charge in [-0.2, -0.15) is 5.10 Å². The molecule has 3 aromatic heterocycles. The van der Waals surface area contributed by atoms with E-state index in [-0.39, 0.29) is 5.91 Å². The van der Waals surface area contributed by atoms with Crippen molar-refractivity contribution >= 4 is 51.2 Å². The fourth-order valence-electron chi connectivity index (χ4n) is 2.42. The monoisotopic (exact) mass is 409 g/mol. The highest BCUT2D eigenvalue weighted by molar-refractivity contribution is 7.17. The molecular formula is C17H16ClN3O3S2. The van der Waals surface area contributed by atoms with Crippen LogP contribution in [0.4, 0.5) is 5.00 Å². The molecule has 3 rings (SSSR count). The number of rotatable bonds is 5. The Balaban J connectivity index is 1.77. The summed E-state index contributed by atoms with van der Waals surface area (Å²) in [6, 6.07) is 1.81. The molecule has 0 bridgehead atoms. The van der Waals surface area contributed by atoms with Crippen LogP contribution < -0.4 is 5.32 Å². The van der Waals surface area contributed by atoms with Gasteiger partial charge in [0.1, 0.15) is 5.00 Å². The maximum Gasteiger partial charge on any atom is 0.341 e. The van der Waals surface area contributed by atoms with Gasteiger partial charge in [0.05, 0.1) is 35.3 Å². The van der Waals surface area contributed by atoms with Gasteiger partial charge in [-0.3, -0.25) is 9.48 Å². The number of aromatic nitrogens is 2. The molecule has 0 aliphatic carbocycles. The third-order valence-corrected chi connectivity index (χ3v) is 6.12. The van der Waals surface area contributed by atoms with E-state index in [4.69, 9.17) is 16.3 Å². The fraction of sp³-hybridized carbons (Fsp3) is 0.235. The van der Waals surface area contributed by atoms with Crippen LogP contribution in [0.2, 0.25) is 5.02 Å². The zero-order valence-electron chi connectivity index (χ0n) is 14.3. The molecule has 0 saturated heterocycles. The molecule has 1 N–H and O–H groups in total. The summed E-state index contributed by atoms with van der Waals surface area (Å²) >= 11 is 8.56. The first-order chi connectivity index (χ1) is 12.4. The van der Waals surface area contributed by atoms with E-state index >= 15 is 0 Å². The third kappa shape index (κ3) is 3.82. The molecule has 0 aromatic carbocycles. The summed E-state index contributed by atoms with van der Waals surface area (Å²) in [6.07, 6.45) is 3.29. The molecule has 0 aliphatic rings. The van der Waals surface area contributed by atoms with Crippen LogP contribution in [0.15, 0.2) is 23.8 Å². The number of halogens is 1. The van der Waals surface area contributed by atoms with Gasteiger partial charge in [-0.15, -0.1) is 22.7 Å². The normalized spacial score (nSPS) is 10.8. The van der Waals surface area contributed by atoms with E-state index in [9.17, 15) is 9.59 Å². The fourth-order valence-corrected chi connectivity index (χ4v) is 4.42. The summed E-state index contributed by atoms with van der Waals surface area (Å²) in [7, 11) is 1.33. The second kappa shape index (κ2) is 7.61. The second-order valence-electron chi connectivity index (χ2n) is 5.61. The van der Waals surface area contributed by atoms with Gasteiger partial charge < -0.3 is 10.1 Å². The maximum absolute atomic E-state index is 12.6. The summed E-state index contributed by atoms with van der Waals surface area (Å²) in [5.74, 6) is -0.712. The minimum atomic E-state index is -0.454. The van der Waals surface area contributed by atoms with Crippen LogP contribution in [-0.2, 0) is 11.3 Å². The number of amides is 1. The third-order valence-electron chi connectivity index (χ3n) is 3.83. The highest BCUT2D eigenvalue weighted by atomic mass is 35.5. The lowest BCUT2D eigenvalue weighted by Crippen LogP contribution is -2.13. The van der Waals surface area contributed by atoms with E-state index in [1.807, 2.05) is 19.2 Å². The predicted octanol–water partition coefficient (Wildman–Crippen LogP) is 4.36. The van der Waals surface area contributed by atoms with Crippen molar-refractivity contribution in [2.45, 2.75) is 20.4 Å². The average Bonchev–Trinajstić information content (AvgIpc) is 3.29. The molecule has 3 aromatic rings. The molecule has 0 radical (unpaired) electrons. The van der Waals surface area contributed by atoms with Crippen molar-refractivity contribution in [2.24, 2.45) is 0 Å². The van der Waals surface area contributed by atoms with Crippen LogP contribution in [0.3, 0.4) is 0 Å². The number of nitrogens with zero attached hydrogens (tertiary/aromatic N) is 2. The molecule has 0 fully saturated rings. The van der Waals surface area contributed by atoms with Crippen molar-refractivity contribution < 1.29 is 14.3 Å². The van der Waals surface area contributed by atoms with Crippen molar-refractivity contribution in [1.82, 2.24) is 9.78 Å². The van der Waals surface area contributed by atoms with Crippen molar-refractivity contribution in [3.05, 3.63) is 55.3 Å². The zero-order valence-corrected chi connectivity index (χ0v) is 16.7. The van der Waals surface area contributed by atoms with Crippen molar-refractivity contribution in [1.29, 1.82) is 0 Å². The Labute approximate surface area is 163 Å². The van der Waals surface area contributed by atoms with E-state index in [0.29, 0.717) is 27.0 Å². The average molecular weight is 410 g/mol. The quantitative estimate of drug-likeness (QED) is 0.635. The van der Waals surface area contributed by atoms with Gasteiger partial charge in [0, 0.05) is 11.1 Å². The zero-order chi connectivity index (χ0) is 18.8. The molecule has 3 heterocycles. The Kier molecular flexibility index (Phi) is 5.45. The maximum atomic E-state index is 12.6. The molecule has 0 spiro atoms. The van der Waals surface area contributed by atoms with Gasteiger partial charge >= 0.3 is 5.97 Å². The number of methoxy groups -OCH3 is 1. The Morgan fingerprint density at radius 1 is 1.38 bits per heavy atom. The van der Waals surface area contributed by atoms with Gasteiger partial charge in [0.15, 0.2) is 0 Å². The molecule has 9 heteroatoms. The van der Waals surface area contributed by atoms with Crippen molar-refractivity contribution in [2.75, 3.05) is 12.4 Å². The lowest BCUT2D eigenvalue weighted by atomic mass is 10.1. The first-order valence-electron chi connectivity index (χ1n) is 7.64. The minimum absolute atomic E-state index is 0.258. The smallest absolute Gasteiger partial charge is 0.341 e. The van der Waals surface area contributed by atoms with Gasteiger partial charge in [-0.1, -0.05) is 11.6 Å². The standard InChI is InChI=1S/C17H16ClN3O3S2/c1-9-10(2)26-16(14(9)17(23)24-3)20-15(22)13-4-11(8-25-13)6-21-7-12(18)5-19-21/h4-5,7-8H,6H2,1-3H3,(H,20,22). The van der Waals surface area contributed by atoms with Gasteiger partial charge in [-0.05, 0) is 36.4 Å². The van der Waals surface area contributed by atoms with Gasteiger partial charge in [0.2, 0.25) is 0 Å². The summed E-state index contributed by atoms with van der Waals surface area (Å²) in [6.45, 7) is 4.27. The van der Waals surface area contributed by atoms with Gasteiger partial charge in [0.25, 0.3) is 5.91 Å². The van der Waals surface area contributed by atoms with Crippen LogP contribution in [0.5, 0.6) is 0 Å². The molecular weight excluding hydrogens is 394 g/mol. The highest BCUT2D eigenvalue weighted by Gasteiger charge is 2.22. The number of ether oxygens (including phenoxy) is 1. The molecule has 0 atom stereocenters. The summed E-state index contributed by atoms with van der Waals surface area (Å²) in [4.78, 5) is 26.1. The van der Waals surface area contributed by atoms with Crippen molar-refractivity contribution in [3.8, 4) is 0 Å². The number of carbonyl (C=O) groups excluding carboxylic acids is 2. The lowest BCUT2D eigenvalue weighted by Gasteiger charge is -2.05. The van der Waals surface area contributed by atoms with Crippen LogP contribution in [0, 0.1) is 13.8 Å². The lowest BCUT2D eigenvalue weighted by molar-refractivity contribution is 0.0601. The van der Waals surface area contributed by atoms with E-state index < -0.39 is 5.97 Å². The Morgan fingerprint density at radius 2 is 2.15 bits per heavy atom. The molecule has 1 amide bonds. The number of esters is 1. The summed E-state index contributed by atoms with van der Waals surface area (Å²) in [5.41, 5.74) is 2.18. The molecule has 6 nitrogen and oxygen atoms in total. The topological polar surface area (TPSA) is 73.2 Å². The van der Waals surface area contributed by atoms with E-state index in [1.165, 1.54) is 29.8 Å². The first kappa shape index (κ1) is 18.6. The number of nitrogens with one attached hydrogen (secondary N) is 1. The van der Waals surface area contributed by atoms with Crippen LogP contribution in [0.1, 0.15) is 36.0 Å². The largest absolute Gasteiger partial charge is 0.465 e. The number of aryl methyl sites for hydroxylation is 1. The molecule has 136 valence electrons. The number of hydrogen-bond acceptors (Lipinski definition) is 6.